The van der Waals surface area contributed by atoms with Gasteiger partial charge in [-0.25, -0.2) is 9.97 Å². The average molecular weight is 284 g/mol. The summed E-state index contributed by atoms with van der Waals surface area (Å²) >= 11 is 1.57. The summed E-state index contributed by atoms with van der Waals surface area (Å²) in [6, 6.07) is 12.1. The number of benzene rings is 1. The monoisotopic (exact) mass is 284 g/mol. The summed E-state index contributed by atoms with van der Waals surface area (Å²) in [4.78, 5) is 12.2. The fourth-order valence-corrected chi connectivity index (χ4v) is 2.88. The van der Waals surface area contributed by atoms with E-state index in [0.29, 0.717) is 5.82 Å². The number of anilines is 1. The van der Waals surface area contributed by atoms with E-state index in [4.69, 9.17) is 5.73 Å². The van der Waals surface area contributed by atoms with E-state index in [9.17, 15) is 0 Å². The second kappa shape index (κ2) is 5.17. The molecule has 0 aliphatic heterocycles. The van der Waals surface area contributed by atoms with Crippen molar-refractivity contribution in [2.45, 2.75) is 29.8 Å². The quantitative estimate of drug-likeness (QED) is 0.718. The van der Waals surface area contributed by atoms with Crippen LogP contribution in [0.2, 0.25) is 0 Å². The first kappa shape index (κ1) is 13.0. The Bertz CT molecular complexity index is 715. The molecular weight excluding hydrogens is 268 g/mol. The maximum absolute atomic E-state index is 5.85. The zero-order chi connectivity index (χ0) is 14.1. The Morgan fingerprint density at radius 2 is 1.95 bits per heavy atom. The summed E-state index contributed by atoms with van der Waals surface area (Å²) in [5.74, 6) is 1.56. The van der Waals surface area contributed by atoms with Gasteiger partial charge in [0.2, 0.25) is 0 Å². The smallest absolute Gasteiger partial charge is 0.134 e. The molecule has 0 atom stereocenters. The van der Waals surface area contributed by atoms with Crippen molar-refractivity contribution in [1.29, 1.82) is 0 Å². The van der Waals surface area contributed by atoms with Crippen LogP contribution in [-0.4, -0.2) is 15.0 Å². The number of aromatic nitrogens is 3. The van der Waals surface area contributed by atoms with Crippen LogP contribution in [0.1, 0.15) is 25.6 Å². The van der Waals surface area contributed by atoms with Crippen molar-refractivity contribution in [3.05, 3.63) is 42.2 Å². The number of hydrogen-bond acceptors (Lipinski definition) is 4. The van der Waals surface area contributed by atoms with Crippen molar-refractivity contribution >= 4 is 28.5 Å². The molecule has 0 bridgehead atoms. The van der Waals surface area contributed by atoms with Crippen molar-refractivity contribution in [2.24, 2.45) is 0 Å². The van der Waals surface area contributed by atoms with E-state index in [1.165, 1.54) is 5.39 Å². The highest BCUT2D eigenvalue weighted by Gasteiger charge is 2.09. The standard InChI is InChI=1S/C15H16N4S/c1-9(2)15-18-12(16)8-14(19-15)20-13-7-10-5-3-4-6-11(10)17-13/h3-9,17H,1-2H3,(H2,16,18,19). The topological polar surface area (TPSA) is 67.6 Å². The third-order valence-electron chi connectivity index (χ3n) is 2.98. The molecule has 4 nitrogen and oxygen atoms in total. The SMILES string of the molecule is CC(C)c1nc(N)cc(Sc2cc3ccccc3[nH]2)n1. The molecule has 3 aromatic rings. The first-order chi connectivity index (χ1) is 9.61. The molecule has 0 unspecified atom stereocenters. The van der Waals surface area contributed by atoms with Gasteiger partial charge in [-0.2, -0.15) is 0 Å². The molecule has 3 N–H and O–H groups in total. The number of para-hydroxylation sites is 1. The van der Waals surface area contributed by atoms with E-state index in [1.54, 1.807) is 11.8 Å². The van der Waals surface area contributed by atoms with Crippen LogP contribution in [-0.2, 0) is 0 Å². The lowest BCUT2D eigenvalue weighted by atomic mass is 10.2. The van der Waals surface area contributed by atoms with Crippen LogP contribution in [0.5, 0.6) is 0 Å². The zero-order valence-electron chi connectivity index (χ0n) is 11.4. The largest absolute Gasteiger partial charge is 0.384 e. The van der Waals surface area contributed by atoms with Crippen molar-refractivity contribution in [3.63, 3.8) is 0 Å². The summed E-state index contributed by atoms with van der Waals surface area (Å²) in [5.41, 5.74) is 6.98. The lowest BCUT2D eigenvalue weighted by Crippen LogP contribution is -2.02. The van der Waals surface area contributed by atoms with Crippen LogP contribution in [0.4, 0.5) is 5.82 Å². The van der Waals surface area contributed by atoms with Gasteiger partial charge in [0.25, 0.3) is 0 Å². The number of rotatable bonds is 3. The van der Waals surface area contributed by atoms with Crippen molar-refractivity contribution in [2.75, 3.05) is 5.73 Å². The second-order valence-corrected chi connectivity index (χ2v) is 6.03. The van der Waals surface area contributed by atoms with Gasteiger partial charge in [-0.1, -0.05) is 43.8 Å². The minimum Gasteiger partial charge on any atom is -0.384 e. The molecule has 2 heterocycles. The highest BCUT2D eigenvalue weighted by molar-refractivity contribution is 7.99. The lowest BCUT2D eigenvalue weighted by molar-refractivity contribution is 0.756. The van der Waals surface area contributed by atoms with Gasteiger partial charge in [0, 0.05) is 22.9 Å². The highest BCUT2D eigenvalue weighted by Crippen LogP contribution is 2.29. The number of hydrogen-bond donors (Lipinski definition) is 2. The van der Waals surface area contributed by atoms with Crippen LogP contribution < -0.4 is 5.73 Å². The number of aromatic amines is 1. The molecule has 0 fully saturated rings. The lowest BCUT2D eigenvalue weighted by Gasteiger charge is -2.06. The molecule has 20 heavy (non-hydrogen) atoms. The van der Waals surface area contributed by atoms with Crippen molar-refractivity contribution < 1.29 is 0 Å². The average Bonchev–Trinajstić information content (AvgIpc) is 2.79. The van der Waals surface area contributed by atoms with Crippen LogP contribution in [0, 0.1) is 0 Å². The van der Waals surface area contributed by atoms with E-state index in [1.807, 2.05) is 18.2 Å². The molecule has 0 saturated heterocycles. The van der Waals surface area contributed by atoms with Gasteiger partial charge in [0.15, 0.2) is 0 Å². The number of nitrogen functional groups attached to an aromatic ring is 1. The van der Waals surface area contributed by atoms with E-state index in [0.717, 1.165) is 21.4 Å². The van der Waals surface area contributed by atoms with Gasteiger partial charge in [-0.3, -0.25) is 0 Å². The van der Waals surface area contributed by atoms with Crippen LogP contribution in [0.25, 0.3) is 10.9 Å². The predicted octanol–water partition coefficient (Wildman–Crippen LogP) is 3.81. The Morgan fingerprint density at radius 1 is 1.15 bits per heavy atom. The Hall–Kier alpha value is -2.01. The van der Waals surface area contributed by atoms with Gasteiger partial charge in [-0.15, -0.1) is 0 Å². The number of H-pyrrole nitrogens is 1. The molecular formula is C15H16N4S. The first-order valence-corrected chi connectivity index (χ1v) is 7.33. The van der Waals surface area contributed by atoms with Crippen molar-refractivity contribution in [3.8, 4) is 0 Å². The van der Waals surface area contributed by atoms with E-state index < -0.39 is 0 Å². The molecule has 0 aliphatic carbocycles. The fraction of sp³-hybridized carbons (Fsp3) is 0.200. The number of nitrogens with one attached hydrogen (secondary N) is 1. The van der Waals surface area contributed by atoms with Crippen molar-refractivity contribution in [1.82, 2.24) is 15.0 Å². The molecule has 0 radical (unpaired) electrons. The fourth-order valence-electron chi connectivity index (χ4n) is 1.99. The van der Waals surface area contributed by atoms with E-state index in [-0.39, 0.29) is 5.92 Å². The maximum Gasteiger partial charge on any atom is 0.134 e. The summed E-state index contributed by atoms with van der Waals surface area (Å²) in [6.45, 7) is 4.12. The van der Waals surface area contributed by atoms with Gasteiger partial charge in [0.1, 0.15) is 16.7 Å². The molecule has 0 spiro atoms. The number of nitrogens with two attached hydrogens (primary N) is 1. The number of fused-ring (bicyclic) bond motifs is 1. The summed E-state index contributed by atoms with van der Waals surface area (Å²) in [7, 11) is 0. The Morgan fingerprint density at radius 3 is 2.70 bits per heavy atom. The third-order valence-corrected chi connectivity index (χ3v) is 3.83. The maximum atomic E-state index is 5.85. The van der Waals surface area contributed by atoms with Crippen LogP contribution in [0.3, 0.4) is 0 Å². The predicted molar refractivity (Wildman–Crippen MR) is 83.0 cm³/mol. The molecule has 0 saturated carbocycles. The number of nitrogens with zero attached hydrogens (tertiary/aromatic N) is 2. The molecule has 0 aliphatic rings. The Balaban J connectivity index is 1.94. The molecule has 102 valence electrons. The van der Waals surface area contributed by atoms with Gasteiger partial charge in [0.05, 0.1) is 5.03 Å². The minimum atomic E-state index is 0.264. The second-order valence-electron chi connectivity index (χ2n) is 4.97. The molecule has 3 rings (SSSR count). The van der Waals surface area contributed by atoms with Gasteiger partial charge in [-0.05, 0) is 12.1 Å². The molecule has 2 aromatic heterocycles. The third kappa shape index (κ3) is 2.63. The Labute approximate surface area is 121 Å². The first-order valence-electron chi connectivity index (χ1n) is 6.52. The van der Waals surface area contributed by atoms with Gasteiger partial charge >= 0.3 is 0 Å². The Kier molecular flexibility index (Phi) is 3.36. The molecule has 1 aromatic carbocycles. The van der Waals surface area contributed by atoms with Gasteiger partial charge < -0.3 is 10.7 Å². The summed E-state index contributed by atoms with van der Waals surface area (Å²) in [5, 5.41) is 3.12. The normalized spacial score (nSPS) is 11.3. The molecule has 0 amide bonds. The minimum absolute atomic E-state index is 0.264. The van der Waals surface area contributed by atoms with E-state index in [2.05, 4.69) is 47.0 Å². The highest BCUT2D eigenvalue weighted by atomic mass is 32.2. The summed E-state index contributed by atoms with van der Waals surface area (Å²) in [6.07, 6.45) is 0. The molecule has 5 heteroatoms. The summed E-state index contributed by atoms with van der Waals surface area (Å²) < 4.78 is 0. The van der Waals surface area contributed by atoms with E-state index >= 15 is 0 Å². The van der Waals surface area contributed by atoms with Crippen LogP contribution in [0.15, 0.2) is 46.5 Å². The zero-order valence-corrected chi connectivity index (χ0v) is 12.2. The van der Waals surface area contributed by atoms with Crippen LogP contribution >= 0.6 is 11.8 Å².